The van der Waals surface area contributed by atoms with Gasteiger partial charge in [-0.3, -0.25) is 4.90 Å². The van der Waals surface area contributed by atoms with Crippen molar-refractivity contribution < 1.29 is 0 Å². The third-order valence-electron chi connectivity index (χ3n) is 2.85. The Labute approximate surface area is 87.8 Å². The molecule has 1 unspecified atom stereocenters. The van der Waals surface area contributed by atoms with Crippen LogP contribution in [-0.4, -0.2) is 63.2 Å². The van der Waals surface area contributed by atoms with E-state index in [0.717, 1.165) is 19.1 Å². The topological polar surface area (TPSA) is 18.5 Å². The Bertz CT molecular complexity index is 189. The van der Waals surface area contributed by atoms with Crippen LogP contribution in [0.15, 0.2) is 12.2 Å². The Morgan fingerprint density at radius 3 is 2.79 bits per heavy atom. The van der Waals surface area contributed by atoms with Gasteiger partial charge in [-0.05, 0) is 33.1 Å². The lowest BCUT2D eigenvalue weighted by Gasteiger charge is -2.20. The van der Waals surface area contributed by atoms with Crippen molar-refractivity contribution in [2.24, 2.45) is 0 Å². The number of hydrogen-bond acceptors (Lipinski definition) is 3. The summed E-state index contributed by atoms with van der Waals surface area (Å²) in [6.07, 6.45) is 1.29. The molecule has 0 aliphatic carbocycles. The smallest absolute Gasteiger partial charge is 0.0229 e. The van der Waals surface area contributed by atoms with E-state index in [1.54, 1.807) is 0 Å². The fraction of sp³-hybridized carbons (Fsp3) is 0.818. The summed E-state index contributed by atoms with van der Waals surface area (Å²) >= 11 is 0. The van der Waals surface area contributed by atoms with E-state index in [-0.39, 0.29) is 0 Å². The van der Waals surface area contributed by atoms with Gasteiger partial charge in [-0.25, -0.2) is 0 Å². The summed E-state index contributed by atoms with van der Waals surface area (Å²) in [5.41, 5.74) is 1.28. The van der Waals surface area contributed by atoms with Crippen molar-refractivity contribution in [2.75, 3.05) is 47.3 Å². The quantitative estimate of drug-likeness (QED) is 0.644. The van der Waals surface area contributed by atoms with Gasteiger partial charge in [0.15, 0.2) is 0 Å². The van der Waals surface area contributed by atoms with E-state index < -0.39 is 0 Å². The highest BCUT2D eigenvalue weighted by Crippen LogP contribution is 2.13. The average molecular weight is 197 g/mol. The van der Waals surface area contributed by atoms with Gasteiger partial charge < -0.3 is 10.2 Å². The van der Waals surface area contributed by atoms with Crippen molar-refractivity contribution >= 4 is 0 Å². The summed E-state index contributed by atoms with van der Waals surface area (Å²) in [7, 11) is 6.30. The van der Waals surface area contributed by atoms with Crippen LogP contribution in [0.1, 0.15) is 6.42 Å². The molecule has 14 heavy (non-hydrogen) atoms. The van der Waals surface area contributed by atoms with Crippen LogP contribution in [-0.2, 0) is 0 Å². The van der Waals surface area contributed by atoms with Gasteiger partial charge in [0, 0.05) is 32.2 Å². The summed E-state index contributed by atoms with van der Waals surface area (Å²) in [5.74, 6) is 0. The van der Waals surface area contributed by atoms with Crippen LogP contribution < -0.4 is 5.32 Å². The molecule has 1 N–H and O–H groups in total. The number of nitrogens with zero attached hydrogens (tertiary/aromatic N) is 2. The molecule has 82 valence electrons. The van der Waals surface area contributed by atoms with E-state index >= 15 is 0 Å². The first-order valence-corrected chi connectivity index (χ1v) is 5.33. The lowest BCUT2D eigenvalue weighted by molar-refractivity contribution is 0.277. The third kappa shape index (κ3) is 3.40. The van der Waals surface area contributed by atoms with Crippen LogP contribution in [0.25, 0.3) is 0 Å². The summed E-state index contributed by atoms with van der Waals surface area (Å²) in [6.45, 7) is 8.44. The normalized spacial score (nSPS) is 23.3. The van der Waals surface area contributed by atoms with E-state index in [0.29, 0.717) is 0 Å². The highest BCUT2D eigenvalue weighted by atomic mass is 15.2. The number of likely N-dealkylation sites (N-methyl/N-ethyl adjacent to an activating group) is 2. The lowest BCUT2D eigenvalue weighted by Crippen LogP contribution is -2.33. The Morgan fingerprint density at radius 2 is 2.29 bits per heavy atom. The van der Waals surface area contributed by atoms with Gasteiger partial charge in [-0.1, -0.05) is 6.58 Å². The number of nitrogens with one attached hydrogen (secondary N) is 1. The SMILES string of the molecule is C=C(CNC)CN1CCC(N(C)C)C1. The maximum Gasteiger partial charge on any atom is 0.0229 e. The van der Waals surface area contributed by atoms with E-state index in [1.807, 2.05) is 7.05 Å². The minimum atomic E-state index is 0.734. The summed E-state index contributed by atoms with van der Waals surface area (Å²) in [6, 6.07) is 0.734. The van der Waals surface area contributed by atoms with E-state index in [2.05, 4.69) is 35.8 Å². The van der Waals surface area contributed by atoms with Gasteiger partial charge in [0.25, 0.3) is 0 Å². The summed E-state index contributed by atoms with van der Waals surface area (Å²) in [5, 5.41) is 3.14. The molecule has 0 aromatic heterocycles. The first-order chi connectivity index (χ1) is 6.63. The fourth-order valence-electron chi connectivity index (χ4n) is 2.00. The van der Waals surface area contributed by atoms with Gasteiger partial charge in [-0.2, -0.15) is 0 Å². The fourth-order valence-corrected chi connectivity index (χ4v) is 2.00. The van der Waals surface area contributed by atoms with Crippen LogP contribution in [0.4, 0.5) is 0 Å². The molecule has 0 spiro atoms. The molecule has 0 bridgehead atoms. The number of rotatable bonds is 5. The van der Waals surface area contributed by atoms with E-state index in [4.69, 9.17) is 0 Å². The predicted molar refractivity (Wildman–Crippen MR) is 61.6 cm³/mol. The van der Waals surface area contributed by atoms with Crippen LogP contribution in [0.3, 0.4) is 0 Å². The maximum atomic E-state index is 4.06. The predicted octanol–water partition coefficient (Wildman–Crippen LogP) is 0.398. The standard InChI is InChI=1S/C11H23N3/c1-10(7-12-2)8-14-6-5-11(9-14)13(3)4/h11-12H,1,5-9H2,2-4H3. The molecule has 1 fully saturated rings. The van der Waals surface area contributed by atoms with Gasteiger partial charge in [-0.15, -0.1) is 0 Å². The molecule has 0 radical (unpaired) electrons. The molecule has 0 amide bonds. The zero-order chi connectivity index (χ0) is 10.6. The molecule has 0 aromatic carbocycles. The molecular weight excluding hydrogens is 174 g/mol. The molecule has 1 aliphatic rings. The van der Waals surface area contributed by atoms with E-state index in [9.17, 15) is 0 Å². The lowest BCUT2D eigenvalue weighted by atomic mass is 10.2. The van der Waals surface area contributed by atoms with Crippen LogP contribution >= 0.6 is 0 Å². The van der Waals surface area contributed by atoms with Crippen LogP contribution in [0.5, 0.6) is 0 Å². The van der Waals surface area contributed by atoms with Crippen LogP contribution in [0, 0.1) is 0 Å². The molecular formula is C11H23N3. The van der Waals surface area contributed by atoms with Crippen molar-refractivity contribution in [1.29, 1.82) is 0 Å². The Balaban J connectivity index is 2.25. The molecule has 0 saturated carbocycles. The first-order valence-electron chi connectivity index (χ1n) is 5.33. The second kappa shape index (κ2) is 5.49. The zero-order valence-corrected chi connectivity index (χ0v) is 9.71. The third-order valence-corrected chi connectivity index (χ3v) is 2.85. The van der Waals surface area contributed by atoms with Crippen molar-refractivity contribution in [1.82, 2.24) is 15.1 Å². The highest BCUT2D eigenvalue weighted by molar-refractivity contribution is 5.01. The monoisotopic (exact) mass is 197 g/mol. The van der Waals surface area contributed by atoms with Gasteiger partial charge in [0.1, 0.15) is 0 Å². The zero-order valence-electron chi connectivity index (χ0n) is 9.71. The summed E-state index contributed by atoms with van der Waals surface area (Å²) in [4.78, 5) is 4.81. The highest BCUT2D eigenvalue weighted by Gasteiger charge is 2.23. The molecule has 1 atom stereocenters. The number of likely N-dealkylation sites (tertiary alicyclic amines) is 1. The number of hydrogen-bond donors (Lipinski definition) is 1. The van der Waals surface area contributed by atoms with Crippen molar-refractivity contribution in [2.45, 2.75) is 12.5 Å². The van der Waals surface area contributed by atoms with Crippen molar-refractivity contribution in [3.63, 3.8) is 0 Å². The van der Waals surface area contributed by atoms with E-state index in [1.165, 1.54) is 25.1 Å². The van der Waals surface area contributed by atoms with Gasteiger partial charge in [0.2, 0.25) is 0 Å². The summed E-state index contributed by atoms with van der Waals surface area (Å²) < 4.78 is 0. The molecule has 1 heterocycles. The molecule has 1 aliphatic heterocycles. The van der Waals surface area contributed by atoms with Crippen LogP contribution in [0.2, 0.25) is 0 Å². The Kier molecular flexibility index (Phi) is 4.58. The van der Waals surface area contributed by atoms with Gasteiger partial charge in [0.05, 0.1) is 0 Å². The Morgan fingerprint density at radius 1 is 1.57 bits per heavy atom. The second-order valence-electron chi connectivity index (χ2n) is 4.42. The van der Waals surface area contributed by atoms with Gasteiger partial charge >= 0.3 is 0 Å². The molecule has 1 rings (SSSR count). The largest absolute Gasteiger partial charge is 0.316 e. The molecule has 0 aromatic rings. The Hall–Kier alpha value is -0.380. The molecule has 3 nitrogen and oxygen atoms in total. The maximum absolute atomic E-state index is 4.06. The minimum Gasteiger partial charge on any atom is -0.316 e. The molecule has 1 saturated heterocycles. The second-order valence-corrected chi connectivity index (χ2v) is 4.42. The average Bonchev–Trinajstić information content (AvgIpc) is 2.53. The molecule has 3 heteroatoms. The van der Waals surface area contributed by atoms with Crippen molar-refractivity contribution in [3.05, 3.63) is 12.2 Å². The minimum absolute atomic E-state index is 0.734. The van der Waals surface area contributed by atoms with Crippen molar-refractivity contribution in [3.8, 4) is 0 Å². The first kappa shape index (κ1) is 11.7.